The number of alkyl halides is 1. The summed E-state index contributed by atoms with van der Waals surface area (Å²) in [7, 11) is 1.72. The molecule has 152 valence electrons. The quantitative estimate of drug-likeness (QED) is 0.707. The molecule has 2 aromatic heterocycles. The van der Waals surface area contributed by atoms with Crippen LogP contribution in [0, 0.1) is 0 Å². The Morgan fingerprint density at radius 3 is 2.83 bits per heavy atom. The first kappa shape index (κ1) is 19.4. The number of nitrogens with one attached hydrogen (secondary N) is 1. The smallest absolute Gasteiger partial charge is 0.285 e. The van der Waals surface area contributed by atoms with Gasteiger partial charge in [0, 0.05) is 25.7 Å². The van der Waals surface area contributed by atoms with Crippen molar-refractivity contribution < 1.29 is 4.39 Å². The molecule has 0 fully saturated rings. The molecule has 1 aliphatic heterocycles. The number of rotatable bonds is 4. The van der Waals surface area contributed by atoms with Crippen LogP contribution in [-0.2, 0) is 26.6 Å². The zero-order valence-corrected chi connectivity index (χ0v) is 16.9. The minimum atomic E-state index is -1.09. The maximum absolute atomic E-state index is 14.0. The molecule has 0 bridgehead atoms. The van der Waals surface area contributed by atoms with E-state index in [1.807, 2.05) is 27.8 Å². The minimum absolute atomic E-state index is 0.0607. The van der Waals surface area contributed by atoms with Gasteiger partial charge in [0.25, 0.3) is 11.1 Å². The van der Waals surface area contributed by atoms with Crippen molar-refractivity contribution in [3.63, 3.8) is 0 Å². The van der Waals surface area contributed by atoms with Gasteiger partial charge in [-0.1, -0.05) is 35.9 Å². The van der Waals surface area contributed by atoms with E-state index in [2.05, 4.69) is 10.2 Å². The van der Waals surface area contributed by atoms with Crippen molar-refractivity contribution in [2.24, 2.45) is 7.05 Å². The first-order valence-corrected chi connectivity index (χ1v) is 9.73. The van der Waals surface area contributed by atoms with E-state index in [4.69, 9.17) is 11.6 Å². The molecule has 9 heteroatoms. The largest absolute Gasteiger partial charge is 0.364 e. The van der Waals surface area contributed by atoms with Crippen LogP contribution in [0.1, 0.15) is 35.5 Å². The summed E-state index contributed by atoms with van der Waals surface area (Å²) in [6, 6.07) is 7.35. The Hall–Kier alpha value is -2.87. The lowest BCUT2D eigenvalue weighted by atomic mass is 10.0. The van der Waals surface area contributed by atoms with Gasteiger partial charge >= 0.3 is 0 Å². The summed E-state index contributed by atoms with van der Waals surface area (Å²) < 4.78 is 17.5. The number of fused-ring (bicyclic) bond motifs is 1. The summed E-state index contributed by atoms with van der Waals surface area (Å²) in [4.78, 5) is 26.5. The Morgan fingerprint density at radius 1 is 1.31 bits per heavy atom. The van der Waals surface area contributed by atoms with E-state index >= 15 is 0 Å². The number of aromatic amines is 1. The maximum Gasteiger partial charge on any atom is 0.285 e. The van der Waals surface area contributed by atoms with Crippen molar-refractivity contribution in [1.82, 2.24) is 19.6 Å². The number of aromatic nitrogens is 4. The molecule has 29 heavy (non-hydrogen) atoms. The summed E-state index contributed by atoms with van der Waals surface area (Å²) >= 11 is 6.13. The monoisotopic (exact) mass is 417 g/mol. The highest BCUT2D eigenvalue weighted by molar-refractivity contribution is 6.32. The van der Waals surface area contributed by atoms with E-state index in [1.54, 1.807) is 17.8 Å². The molecule has 0 saturated carbocycles. The second-order valence-corrected chi connectivity index (χ2v) is 7.57. The van der Waals surface area contributed by atoms with Gasteiger partial charge in [-0.3, -0.25) is 19.0 Å². The minimum Gasteiger partial charge on any atom is -0.364 e. The molecule has 3 aromatic rings. The summed E-state index contributed by atoms with van der Waals surface area (Å²) in [6.45, 7) is 2.85. The fraction of sp³-hybridized carbons (Fsp3) is 0.350. The van der Waals surface area contributed by atoms with E-state index in [0.29, 0.717) is 42.9 Å². The number of halogens is 2. The number of anilines is 1. The van der Waals surface area contributed by atoms with Gasteiger partial charge in [0.2, 0.25) is 0 Å². The van der Waals surface area contributed by atoms with Crippen LogP contribution < -0.4 is 16.0 Å². The van der Waals surface area contributed by atoms with Gasteiger partial charge in [-0.15, -0.1) is 0 Å². The molecule has 0 aliphatic carbocycles. The van der Waals surface area contributed by atoms with Gasteiger partial charge in [-0.25, -0.2) is 9.49 Å². The van der Waals surface area contributed by atoms with Crippen LogP contribution in [0.5, 0.6) is 0 Å². The van der Waals surface area contributed by atoms with E-state index in [1.165, 1.54) is 13.1 Å². The van der Waals surface area contributed by atoms with Crippen LogP contribution in [0.4, 0.5) is 10.1 Å². The second-order valence-electron chi connectivity index (χ2n) is 7.20. The van der Waals surface area contributed by atoms with Crippen LogP contribution >= 0.6 is 11.6 Å². The average molecular weight is 418 g/mol. The Labute approximate surface area is 171 Å². The zero-order valence-electron chi connectivity index (χ0n) is 16.2. The fourth-order valence-electron chi connectivity index (χ4n) is 3.94. The SMILES string of the molecule is CC(F)c1ccccc1Cn1c2c(c(=O)n1C)CN(c1cn[nH]c(=O)c1Cl)CC2. The summed E-state index contributed by atoms with van der Waals surface area (Å²) in [5.74, 6) is 0. The van der Waals surface area contributed by atoms with Crippen molar-refractivity contribution in [1.29, 1.82) is 0 Å². The summed E-state index contributed by atoms with van der Waals surface area (Å²) in [5, 5.41) is 6.18. The van der Waals surface area contributed by atoms with Crippen LogP contribution in [0.3, 0.4) is 0 Å². The number of nitrogens with zero attached hydrogens (tertiary/aromatic N) is 4. The van der Waals surface area contributed by atoms with E-state index in [9.17, 15) is 14.0 Å². The lowest BCUT2D eigenvalue weighted by molar-refractivity contribution is 0.370. The molecule has 0 amide bonds. The third-order valence-corrected chi connectivity index (χ3v) is 5.83. The van der Waals surface area contributed by atoms with Gasteiger partial charge in [0.15, 0.2) is 0 Å². The van der Waals surface area contributed by atoms with Crippen LogP contribution in [0.15, 0.2) is 40.1 Å². The first-order valence-electron chi connectivity index (χ1n) is 9.36. The third kappa shape index (κ3) is 3.37. The Kier molecular flexibility index (Phi) is 5.04. The predicted octanol–water partition coefficient (Wildman–Crippen LogP) is 2.57. The van der Waals surface area contributed by atoms with Gasteiger partial charge < -0.3 is 4.90 Å². The van der Waals surface area contributed by atoms with Crippen molar-refractivity contribution in [2.75, 3.05) is 11.4 Å². The topological polar surface area (TPSA) is 75.9 Å². The number of hydrogen-bond acceptors (Lipinski definition) is 4. The molecule has 0 saturated heterocycles. The molecule has 7 nitrogen and oxygen atoms in total. The Balaban J connectivity index is 1.71. The van der Waals surface area contributed by atoms with Crippen LogP contribution in [0.2, 0.25) is 5.02 Å². The van der Waals surface area contributed by atoms with Crippen LogP contribution in [-0.4, -0.2) is 26.1 Å². The Bertz CT molecular complexity index is 1180. The Morgan fingerprint density at radius 2 is 2.07 bits per heavy atom. The van der Waals surface area contributed by atoms with Crippen molar-refractivity contribution in [2.45, 2.75) is 32.6 Å². The molecule has 0 spiro atoms. The summed E-state index contributed by atoms with van der Waals surface area (Å²) in [5.41, 5.74) is 2.99. The number of hydrogen-bond donors (Lipinski definition) is 1. The zero-order chi connectivity index (χ0) is 20.7. The molecular weight excluding hydrogens is 397 g/mol. The molecule has 1 N–H and O–H groups in total. The van der Waals surface area contributed by atoms with Gasteiger partial charge in [-0.2, -0.15) is 5.10 Å². The molecule has 1 aromatic carbocycles. The highest BCUT2D eigenvalue weighted by Gasteiger charge is 2.27. The highest BCUT2D eigenvalue weighted by Crippen LogP contribution is 2.28. The van der Waals surface area contributed by atoms with Gasteiger partial charge in [0.05, 0.1) is 30.5 Å². The average Bonchev–Trinajstić information content (AvgIpc) is 2.95. The molecular formula is C20H21ClFN5O2. The van der Waals surface area contributed by atoms with E-state index in [-0.39, 0.29) is 10.6 Å². The number of H-pyrrole nitrogens is 1. The van der Waals surface area contributed by atoms with Crippen molar-refractivity contribution in [3.05, 3.63) is 78.6 Å². The molecule has 3 heterocycles. The van der Waals surface area contributed by atoms with E-state index in [0.717, 1.165) is 11.3 Å². The molecule has 4 rings (SSSR count). The first-order chi connectivity index (χ1) is 13.9. The molecule has 1 aliphatic rings. The lowest BCUT2D eigenvalue weighted by Gasteiger charge is -2.29. The fourth-order valence-corrected chi connectivity index (χ4v) is 4.15. The molecule has 0 radical (unpaired) electrons. The highest BCUT2D eigenvalue weighted by atomic mass is 35.5. The van der Waals surface area contributed by atoms with Gasteiger partial charge in [0.1, 0.15) is 11.2 Å². The number of benzene rings is 1. The lowest BCUT2D eigenvalue weighted by Crippen LogP contribution is -2.34. The van der Waals surface area contributed by atoms with Crippen LogP contribution in [0.25, 0.3) is 0 Å². The predicted molar refractivity (Wildman–Crippen MR) is 109 cm³/mol. The molecule has 1 atom stereocenters. The maximum atomic E-state index is 14.0. The normalized spacial score (nSPS) is 14.7. The molecule has 1 unspecified atom stereocenters. The summed E-state index contributed by atoms with van der Waals surface area (Å²) in [6.07, 6.45) is 1.01. The van der Waals surface area contributed by atoms with Gasteiger partial charge in [-0.05, 0) is 18.1 Å². The standard InChI is InChI=1S/C20H21ClFN5O2/c1-12(22)14-6-4-3-5-13(14)10-27-16-7-8-26(11-15(16)20(29)25(27)2)17-9-23-24-19(28)18(17)21/h3-6,9,12H,7-8,10-11H2,1-2H3,(H,24,28). The van der Waals surface area contributed by atoms with E-state index < -0.39 is 11.7 Å². The van der Waals surface area contributed by atoms with Crippen molar-refractivity contribution in [3.8, 4) is 0 Å². The second kappa shape index (κ2) is 7.51. The third-order valence-electron chi connectivity index (χ3n) is 5.46. The van der Waals surface area contributed by atoms with Crippen molar-refractivity contribution >= 4 is 17.3 Å².